The Bertz CT molecular complexity index is 1460. The monoisotopic (exact) mass is 640 g/mol. The number of nitrogens with one attached hydrogen (secondary N) is 2. The lowest BCUT2D eigenvalue weighted by atomic mass is 10.0. The summed E-state index contributed by atoms with van der Waals surface area (Å²) in [5.41, 5.74) is 2.37. The molecule has 1 aliphatic rings. The maximum Gasteiger partial charge on any atom is 0.325 e. The van der Waals surface area contributed by atoms with Crippen LogP contribution in [0.2, 0.25) is 0 Å². The van der Waals surface area contributed by atoms with Gasteiger partial charge in [0.05, 0.1) is 18.5 Å². The number of aromatic amines is 1. The summed E-state index contributed by atoms with van der Waals surface area (Å²) in [4.78, 5) is 35.8. The fraction of sp³-hybridized carbons (Fsp3) is 0.207. The van der Waals surface area contributed by atoms with Crippen molar-refractivity contribution in [2.24, 2.45) is 0 Å². The molecule has 4 aromatic rings. The number of amides is 3. The van der Waals surface area contributed by atoms with Gasteiger partial charge in [-0.3, -0.25) is 9.69 Å². The van der Waals surface area contributed by atoms with E-state index in [1.54, 1.807) is 43.5 Å². The zero-order valence-electron chi connectivity index (χ0n) is 21.1. The summed E-state index contributed by atoms with van der Waals surface area (Å²) in [6.45, 7) is 0.864. The van der Waals surface area contributed by atoms with E-state index in [0.717, 1.165) is 9.13 Å². The Labute approximate surface area is 238 Å². The van der Waals surface area contributed by atoms with Crippen LogP contribution in [-0.2, 0) is 16.0 Å². The van der Waals surface area contributed by atoms with Crippen molar-refractivity contribution in [2.45, 2.75) is 18.5 Å². The molecule has 1 unspecified atom stereocenters. The average molecular weight is 640 g/mol. The van der Waals surface area contributed by atoms with Gasteiger partial charge in [0.1, 0.15) is 36.1 Å². The molecular weight excluding hydrogens is 614 g/mol. The van der Waals surface area contributed by atoms with E-state index >= 15 is 0 Å². The van der Waals surface area contributed by atoms with Gasteiger partial charge in [0.25, 0.3) is 5.91 Å². The minimum Gasteiger partial charge on any atom is -0.491 e. The van der Waals surface area contributed by atoms with Crippen molar-refractivity contribution in [3.05, 3.63) is 105 Å². The second-order valence-corrected chi connectivity index (χ2v) is 10.3. The normalized spacial score (nSPS) is 15.9. The zero-order valence-corrected chi connectivity index (χ0v) is 23.2. The van der Waals surface area contributed by atoms with E-state index in [1.165, 1.54) is 17.2 Å². The molecule has 200 valence electrons. The van der Waals surface area contributed by atoms with Gasteiger partial charge in [0.15, 0.2) is 0 Å². The summed E-state index contributed by atoms with van der Waals surface area (Å²) in [5.74, 6) is 0.240. The highest BCUT2D eigenvalue weighted by atomic mass is 127. The van der Waals surface area contributed by atoms with Crippen molar-refractivity contribution in [1.29, 1.82) is 0 Å². The van der Waals surface area contributed by atoms with E-state index in [1.807, 2.05) is 52.9 Å². The van der Waals surface area contributed by atoms with Gasteiger partial charge in [-0.15, -0.1) is 0 Å². The second kappa shape index (κ2) is 12.0. The first-order valence-electron chi connectivity index (χ1n) is 12.3. The minimum absolute atomic E-state index is 0.334. The van der Waals surface area contributed by atoms with Crippen LogP contribution in [0.5, 0.6) is 5.75 Å². The standard InChI is InChI=1S/C29H26FIN4O4/c1-38-13-14-39-21-10-7-19(8-11-21)26-28(36)35(29(37)34-26)25(15-18-5-3-2-4-6-18)27-32-17-24(33-27)22-12-9-20(31)16-23(22)30/h2-12,16-17,25-26H,13-15H2,1H3,(H,32,33)(H,34,37)/t25-,26?/m1/s1. The molecule has 1 aliphatic heterocycles. The van der Waals surface area contributed by atoms with Crippen molar-refractivity contribution >= 4 is 34.5 Å². The van der Waals surface area contributed by atoms with Crippen LogP contribution < -0.4 is 10.1 Å². The smallest absolute Gasteiger partial charge is 0.325 e. The molecule has 1 fully saturated rings. The third kappa shape index (κ3) is 5.96. The van der Waals surface area contributed by atoms with Gasteiger partial charge in [-0.25, -0.2) is 14.2 Å². The Morgan fingerprint density at radius 3 is 2.54 bits per heavy atom. The maximum atomic E-state index is 14.7. The number of benzene rings is 3. The molecule has 2 heterocycles. The summed E-state index contributed by atoms with van der Waals surface area (Å²) in [7, 11) is 1.60. The number of methoxy groups -OCH3 is 1. The number of carbonyl (C=O) groups is 2. The predicted octanol–water partition coefficient (Wildman–Crippen LogP) is 5.42. The summed E-state index contributed by atoms with van der Waals surface area (Å²) in [6, 6.07) is 19.4. The number of hydrogen-bond acceptors (Lipinski definition) is 5. The SMILES string of the molecule is COCCOc1ccc(C2NC(=O)N([C@H](Cc3ccccc3)c3ncc(-c4ccc(I)cc4F)[nH]3)C2=O)cc1. The predicted molar refractivity (Wildman–Crippen MR) is 152 cm³/mol. The number of imidazole rings is 1. The van der Waals surface area contributed by atoms with Gasteiger partial charge in [-0.2, -0.15) is 0 Å². The number of carbonyl (C=O) groups excluding carboxylic acids is 2. The average Bonchev–Trinajstić information content (AvgIpc) is 3.53. The van der Waals surface area contributed by atoms with Crippen LogP contribution in [0.4, 0.5) is 9.18 Å². The Balaban J connectivity index is 1.43. The van der Waals surface area contributed by atoms with Crippen molar-refractivity contribution in [1.82, 2.24) is 20.2 Å². The Morgan fingerprint density at radius 2 is 1.82 bits per heavy atom. The van der Waals surface area contributed by atoms with E-state index < -0.39 is 24.0 Å². The molecule has 5 rings (SSSR count). The molecule has 0 aliphatic carbocycles. The highest BCUT2D eigenvalue weighted by Crippen LogP contribution is 2.33. The van der Waals surface area contributed by atoms with Gasteiger partial charge in [-0.05, 0) is 64.0 Å². The molecule has 2 N–H and O–H groups in total. The molecule has 1 aromatic heterocycles. The summed E-state index contributed by atoms with van der Waals surface area (Å²) >= 11 is 2.05. The number of imide groups is 1. The fourth-order valence-corrected chi connectivity index (χ4v) is 4.97. The molecular formula is C29H26FIN4O4. The van der Waals surface area contributed by atoms with Crippen molar-refractivity contribution < 1.29 is 23.5 Å². The van der Waals surface area contributed by atoms with Crippen LogP contribution in [0.1, 0.15) is 29.0 Å². The molecule has 39 heavy (non-hydrogen) atoms. The number of H-pyrrole nitrogens is 1. The van der Waals surface area contributed by atoms with Crippen LogP contribution in [0.15, 0.2) is 79.0 Å². The molecule has 3 amide bonds. The first kappa shape index (κ1) is 26.8. The van der Waals surface area contributed by atoms with Crippen LogP contribution >= 0.6 is 22.6 Å². The fourth-order valence-electron chi connectivity index (χ4n) is 4.51. The zero-order chi connectivity index (χ0) is 27.4. The van der Waals surface area contributed by atoms with Crippen molar-refractivity contribution in [2.75, 3.05) is 20.3 Å². The number of aromatic nitrogens is 2. The third-order valence-electron chi connectivity index (χ3n) is 6.46. The molecule has 0 saturated carbocycles. The lowest BCUT2D eigenvalue weighted by Gasteiger charge is -2.24. The number of ether oxygens (including phenoxy) is 2. The Kier molecular flexibility index (Phi) is 8.22. The lowest BCUT2D eigenvalue weighted by molar-refractivity contribution is -0.129. The topological polar surface area (TPSA) is 96.6 Å². The molecule has 10 heteroatoms. The Morgan fingerprint density at radius 1 is 1.05 bits per heavy atom. The number of hydrogen-bond donors (Lipinski definition) is 2. The summed E-state index contributed by atoms with van der Waals surface area (Å²) in [6.07, 6.45) is 1.86. The van der Waals surface area contributed by atoms with Gasteiger partial charge >= 0.3 is 6.03 Å². The quantitative estimate of drug-likeness (QED) is 0.137. The first-order chi connectivity index (χ1) is 18.9. The van der Waals surface area contributed by atoms with Gasteiger partial charge in [0, 0.05) is 22.7 Å². The number of nitrogens with zero attached hydrogens (tertiary/aromatic N) is 2. The van der Waals surface area contributed by atoms with Crippen molar-refractivity contribution in [3.8, 4) is 17.0 Å². The van der Waals surface area contributed by atoms with Crippen LogP contribution in [0, 0.1) is 9.39 Å². The molecule has 1 saturated heterocycles. The largest absolute Gasteiger partial charge is 0.491 e. The third-order valence-corrected chi connectivity index (χ3v) is 7.13. The van der Waals surface area contributed by atoms with Crippen LogP contribution in [0.3, 0.4) is 0 Å². The van der Waals surface area contributed by atoms with Gasteiger partial charge < -0.3 is 19.8 Å². The molecule has 0 radical (unpaired) electrons. The minimum atomic E-state index is -0.855. The molecule has 2 atom stereocenters. The van der Waals surface area contributed by atoms with Crippen LogP contribution in [0.25, 0.3) is 11.3 Å². The van der Waals surface area contributed by atoms with Gasteiger partial charge in [-0.1, -0.05) is 42.5 Å². The highest BCUT2D eigenvalue weighted by Gasteiger charge is 2.44. The highest BCUT2D eigenvalue weighted by molar-refractivity contribution is 14.1. The summed E-state index contributed by atoms with van der Waals surface area (Å²) < 4.78 is 26.0. The number of rotatable bonds is 10. The summed E-state index contributed by atoms with van der Waals surface area (Å²) in [5, 5.41) is 2.81. The molecule has 8 nitrogen and oxygen atoms in total. The molecule has 3 aromatic carbocycles. The van der Waals surface area contributed by atoms with E-state index in [9.17, 15) is 14.0 Å². The van der Waals surface area contributed by atoms with Crippen molar-refractivity contribution in [3.63, 3.8) is 0 Å². The maximum absolute atomic E-state index is 14.7. The van der Waals surface area contributed by atoms with E-state index in [-0.39, 0.29) is 5.82 Å². The van der Waals surface area contributed by atoms with E-state index in [2.05, 4.69) is 15.3 Å². The van der Waals surface area contributed by atoms with E-state index in [0.29, 0.717) is 48.0 Å². The lowest BCUT2D eigenvalue weighted by Crippen LogP contribution is -2.36. The second-order valence-electron chi connectivity index (χ2n) is 9.01. The first-order valence-corrected chi connectivity index (χ1v) is 13.4. The van der Waals surface area contributed by atoms with Gasteiger partial charge in [0.2, 0.25) is 0 Å². The Hall–Kier alpha value is -3.77. The molecule has 0 bridgehead atoms. The van der Waals surface area contributed by atoms with E-state index in [4.69, 9.17) is 9.47 Å². The van der Waals surface area contributed by atoms with Crippen LogP contribution in [-0.4, -0.2) is 47.1 Å². The number of halogens is 2. The molecule has 0 spiro atoms. The number of urea groups is 1.